The minimum atomic E-state index is -0.795. The summed E-state index contributed by atoms with van der Waals surface area (Å²) in [7, 11) is 1.55. The Morgan fingerprint density at radius 2 is 1.80 bits per heavy atom. The van der Waals surface area contributed by atoms with Gasteiger partial charge in [-0.05, 0) is 30.3 Å². The van der Waals surface area contributed by atoms with Crippen molar-refractivity contribution in [3.05, 3.63) is 75.0 Å². The molecule has 0 bridgehead atoms. The first-order valence-corrected chi connectivity index (χ1v) is 7.52. The molecule has 0 unspecified atom stereocenters. The number of anilines is 1. The molecule has 0 fully saturated rings. The molecule has 0 saturated heterocycles. The third-order valence-corrected chi connectivity index (χ3v) is 4.15. The summed E-state index contributed by atoms with van der Waals surface area (Å²) in [5.74, 6) is -0.749. The van der Waals surface area contributed by atoms with E-state index in [-0.39, 0.29) is 5.56 Å². The topological polar surface area (TPSA) is 100 Å². The molecule has 0 spiro atoms. The summed E-state index contributed by atoms with van der Waals surface area (Å²) in [6.07, 6.45) is 0. The van der Waals surface area contributed by atoms with E-state index in [1.165, 1.54) is 16.7 Å². The quantitative estimate of drug-likeness (QED) is 0.422. The van der Waals surface area contributed by atoms with Crippen LogP contribution in [0.5, 0.6) is 0 Å². The predicted molar refractivity (Wildman–Crippen MR) is 93.8 cm³/mol. The first kappa shape index (κ1) is 14.9. The number of carbonyl (C=O) groups is 1. The Morgan fingerprint density at radius 1 is 1.04 bits per heavy atom. The molecule has 2 heterocycles. The Morgan fingerprint density at radius 3 is 2.60 bits per heavy atom. The Balaban J connectivity index is 2.02. The number of benzene rings is 2. The van der Waals surface area contributed by atoms with Crippen LogP contribution in [0.3, 0.4) is 0 Å². The smallest absolute Gasteiger partial charge is 0.349 e. The molecule has 4 rings (SSSR count). The van der Waals surface area contributed by atoms with Crippen LogP contribution in [0.15, 0.2) is 62.5 Å². The molecule has 0 saturated carbocycles. The molecule has 2 aromatic heterocycles. The lowest BCUT2D eigenvalue weighted by Crippen LogP contribution is -2.31. The first-order chi connectivity index (χ1) is 12.0. The molecule has 2 N–H and O–H groups in total. The number of aromatic nitrogens is 2. The van der Waals surface area contributed by atoms with Gasteiger partial charge in [0.2, 0.25) is 0 Å². The van der Waals surface area contributed by atoms with Gasteiger partial charge in [-0.3, -0.25) is 9.36 Å². The lowest BCUT2D eigenvalue weighted by Gasteiger charge is -2.03. The maximum atomic E-state index is 12.9. The maximum absolute atomic E-state index is 12.9. The van der Waals surface area contributed by atoms with Crippen LogP contribution in [-0.2, 0) is 7.05 Å². The number of imidazole rings is 1. The van der Waals surface area contributed by atoms with E-state index in [1.54, 1.807) is 43.4 Å². The summed E-state index contributed by atoms with van der Waals surface area (Å²) in [6.45, 7) is 0. The predicted octanol–water partition coefficient (Wildman–Crippen LogP) is 1.72. The molecule has 7 nitrogen and oxygen atoms in total. The Bertz CT molecular complexity index is 1280. The van der Waals surface area contributed by atoms with Gasteiger partial charge in [0.05, 0.1) is 11.0 Å². The molecular weight excluding hydrogens is 322 g/mol. The summed E-state index contributed by atoms with van der Waals surface area (Å²) < 4.78 is 7.46. The van der Waals surface area contributed by atoms with Gasteiger partial charge >= 0.3 is 11.3 Å². The SMILES string of the molecule is Cn1c(=O)n(C(=O)c2cc3ccccc3oc2=O)c2cc(N)ccc21. The van der Waals surface area contributed by atoms with Gasteiger partial charge in [0.25, 0.3) is 5.91 Å². The zero-order valence-electron chi connectivity index (χ0n) is 13.2. The van der Waals surface area contributed by atoms with Crippen LogP contribution < -0.4 is 17.0 Å². The van der Waals surface area contributed by atoms with E-state index in [9.17, 15) is 14.4 Å². The van der Waals surface area contributed by atoms with Crippen molar-refractivity contribution >= 4 is 33.6 Å². The number of carbonyl (C=O) groups excluding carboxylic acids is 1. The van der Waals surface area contributed by atoms with Crippen molar-refractivity contribution < 1.29 is 9.21 Å². The number of nitrogen functional groups attached to an aromatic ring is 1. The van der Waals surface area contributed by atoms with E-state index in [2.05, 4.69) is 0 Å². The molecule has 0 aliphatic heterocycles. The molecule has 0 amide bonds. The van der Waals surface area contributed by atoms with Crippen LogP contribution in [0.25, 0.3) is 22.0 Å². The van der Waals surface area contributed by atoms with E-state index < -0.39 is 17.2 Å². The lowest BCUT2D eigenvalue weighted by atomic mass is 10.1. The molecule has 0 radical (unpaired) electrons. The van der Waals surface area contributed by atoms with Crippen molar-refractivity contribution in [2.24, 2.45) is 7.05 Å². The van der Waals surface area contributed by atoms with Crippen molar-refractivity contribution in [1.82, 2.24) is 9.13 Å². The number of para-hydroxylation sites is 1. The van der Waals surface area contributed by atoms with Crippen LogP contribution in [0.2, 0.25) is 0 Å². The largest absolute Gasteiger partial charge is 0.422 e. The van der Waals surface area contributed by atoms with Gasteiger partial charge in [0.15, 0.2) is 0 Å². The monoisotopic (exact) mass is 335 g/mol. The number of fused-ring (bicyclic) bond motifs is 2. The second-order valence-electron chi connectivity index (χ2n) is 5.72. The summed E-state index contributed by atoms with van der Waals surface area (Å²) in [6, 6.07) is 13.1. The standard InChI is InChI=1S/C18H13N3O4/c1-20-13-7-6-11(19)9-14(13)21(18(20)24)16(22)12-8-10-4-2-3-5-15(10)25-17(12)23/h2-9H,19H2,1H3. The van der Waals surface area contributed by atoms with Crippen LogP contribution in [0.1, 0.15) is 10.4 Å². The third-order valence-electron chi connectivity index (χ3n) is 4.15. The summed E-state index contributed by atoms with van der Waals surface area (Å²) in [5.41, 5.74) is 5.87. The second-order valence-corrected chi connectivity index (χ2v) is 5.72. The average Bonchev–Trinajstić information content (AvgIpc) is 2.84. The average molecular weight is 335 g/mol. The highest BCUT2D eigenvalue weighted by atomic mass is 16.4. The molecule has 2 aromatic carbocycles. The minimum absolute atomic E-state index is 0.212. The van der Waals surface area contributed by atoms with Crippen molar-refractivity contribution in [1.29, 1.82) is 0 Å². The van der Waals surface area contributed by atoms with E-state index in [0.29, 0.717) is 27.7 Å². The summed E-state index contributed by atoms with van der Waals surface area (Å²) >= 11 is 0. The van der Waals surface area contributed by atoms with Gasteiger partial charge < -0.3 is 10.2 Å². The van der Waals surface area contributed by atoms with E-state index in [1.807, 2.05) is 0 Å². The van der Waals surface area contributed by atoms with Crippen molar-refractivity contribution in [2.45, 2.75) is 0 Å². The van der Waals surface area contributed by atoms with E-state index in [0.717, 1.165) is 4.57 Å². The van der Waals surface area contributed by atoms with E-state index in [4.69, 9.17) is 10.2 Å². The zero-order valence-corrected chi connectivity index (χ0v) is 13.2. The van der Waals surface area contributed by atoms with Crippen LogP contribution in [0, 0.1) is 0 Å². The zero-order chi connectivity index (χ0) is 17.7. The van der Waals surface area contributed by atoms with Crippen molar-refractivity contribution in [3.63, 3.8) is 0 Å². The first-order valence-electron chi connectivity index (χ1n) is 7.52. The molecule has 0 aliphatic carbocycles. The highest BCUT2D eigenvalue weighted by Gasteiger charge is 2.22. The molecule has 0 atom stereocenters. The Labute approximate surface area is 140 Å². The van der Waals surface area contributed by atoms with Gasteiger partial charge in [-0.1, -0.05) is 18.2 Å². The number of nitrogens with zero attached hydrogens (tertiary/aromatic N) is 2. The van der Waals surface area contributed by atoms with Gasteiger partial charge in [-0.15, -0.1) is 0 Å². The fourth-order valence-corrected chi connectivity index (χ4v) is 2.89. The van der Waals surface area contributed by atoms with Crippen LogP contribution in [0.4, 0.5) is 5.69 Å². The second kappa shape index (κ2) is 5.20. The van der Waals surface area contributed by atoms with Crippen molar-refractivity contribution in [2.75, 3.05) is 5.73 Å². The molecular formula is C18H13N3O4. The normalized spacial score (nSPS) is 11.2. The highest BCUT2D eigenvalue weighted by Crippen LogP contribution is 2.18. The number of rotatable bonds is 1. The lowest BCUT2D eigenvalue weighted by molar-refractivity contribution is 0.0956. The minimum Gasteiger partial charge on any atom is -0.422 e. The molecule has 7 heteroatoms. The highest BCUT2D eigenvalue weighted by molar-refractivity contribution is 6.02. The fourth-order valence-electron chi connectivity index (χ4n) is 2.89. The number of hydrogen-bond donors (Lipinski definition) is 1. The number of nitrogens with two attached hydrogens (primary N) is 1. The van der Waals surface area contributed by atoms with Crippen LogP contribution >= 0.6 is 0 Å². The van der Waals surface area contributed by atoms with Crippen LogP contribution in [-0.4, -0.2) is 15.0 Å². The molecule has 25 heavy (non-hydrogen) atoms. The Kier molecular flexibility index (Phi) is 3.11. The summed E-state index contributed by atoms with van der Waals surface area (Å²) in [5, 5.41) is 0.596. The Hall–Kier alpha value is -3.61. The summed E-state index contributed by atoms with van der Waals surface area (Å²) in [4.78, 5) is 37.7. The fraction of sp³-hybridized carbons (Fsp3) is 0.0556. The van der Waals surface area contributed by atoms with E-state index >= 15 is 0 Å². The molecule has 4 aromatic rings. The van der Waals surface area contributed by atoms with Gasteiger partial charge in [-0.2, -0.15) is 0 Å². The van der Waals surface area contributed by atoms with Gasteiger partial charge in [-0.25, -0.2) is 14.2 Å². The number of aryl methyl sites for hydroxylation is 1. The molecule has 0 aliphatic rings. The van der Waals surface area contributed by atoms with Crippen molar-refractivity contribution in [3.8, 4) is 0 Å². The number of hydrogen-bond acceptors (Lipinski definition) is 5. The molecule has 124 valence electrons. The maximum Gasteiger partial charge on any atom is 0.349 e. The van der Waals surface area contributed by atoms with Gasteiger partial charge in [0, 0.05) is 18.1 Å². The third kappa shape index (κ3) is 2.17. The van der Waals surface area contributed by atoms with Gasteiger partial charge in [0.1, 0.15) is 11.1 Å².